The first kappa shape index (κ1) is 22.8. The van der Waals surface area contributed by atoms with Crippen LogP contribution >= 0.6 is 11.3 Å². The van der Waals surface area contributed by atoms with Gasteiger partial charge in [0.25, 0.3) is 5.91 Å². The second-order valence-electron chi connectivity index (χ2n) is 8.28. The van der Waals surface area contributed by atoms with E-state index in [4.69, 9.17) is 4.42 Å². The predicted octanol–water partition coefficient (Wildman–Crippen LogP) is 5.30. The highest BCUT2D eigenvalue weighted by Gasteiger charge is 2.27. The van der Waals surface area contributed by atoms with E-state index in [9.17, 15) is 13.2 Å². The van der Waals surface area contributed by atoms with Crippen molar-refractivity contribution in [2.75, 3.05) is 18.0 Å². The predicted molar refractivity (Wildman–Crippen MR) is 133 cm³/mol. The first-order valence-corrected chi connectivity index (χ1v) is 13.6. The zero-order valence-corrected chi connectivity index (χ0v) is 20.2. The van der Waals surface area contributed by atoms with Crippen LogP contribution in [0.5, 0.6) is 0 Å². The monoisotopic (exact) mass is 495 g/mol. The van der Waals surface area contributed by atoms with Gasteiger partial charge < -0.3 is 4.42 Å². The Morgan fingerprint density at radius 3 is 2.38 bits per heavy atom. The summed E-state index contributed by atoms with van der Waals surface area (Å²) in [4.78, 5) is 20.0. The van der Waals surface area contributed by atoms with Crippen molar-refractivity contribution in [1.82, 2.24) is 9.29 Å². The summed E-state index contributed by atoms with van der Waals surface area (Å²) < 4.78 is 34.2. The second-order valence-corrected chi connectivity index (χ2v) is 11.2. The molecule has 0 bridgehead atoms. The van der Waals surface area contributed by atoms with E-state index >= 15 is 0 Å². The molecule has 2 aromatic heterocycles. The highest BCUT2D eigenvalue weighted by atomic mass is 32.2. The molecule has 176 valence electrons. The number of rotatable bonds is 6. The van der Waals surface area contributed by atoms with E-state index in [1.165, 1.54) is 23.5 Å². The summed E-state index contributed by atoms with van der Waals surface area (Å²) in [5, 5.41) is 0.559. The first-order chi connectivity index (χ1) is 16.5. The molecular formula is C25H25N3O4S2. The summed E-state index contributed by atoms with van der Waals surface area (Å²) in [6.07, 6.45) is 5.42. The number of hydrogen-bond acceptors (Lipinski definition) is 6. The van der Waals surface area contributed by atoms with Crippen molar-refractivity contribution in [3.05, 3.63) is 78.3 Å². The van der Waals surface area contributed by atoms with Crippen LogP contribution in [0.4, 0.5) is 5.13 Å². The topological polar surface area (TPSA) is 83.7 Å². The number of fused-ring (bicyclic) bond motifs is 1. The molecule has 0 aliphatic carbocycles. The Morgan fingerprint density at radius 2 is 1.71 bits per heavy atom. The average molecular weight is 496 g/mol. The molecule has 0 spiro atoms. The van der Waals surface area contributed by atoms with E-state index in [0.29, 0.717) is 29.5 Å². The quantitative estimate of drug-likeness (QED) is 0.362. The molecular weight excluding hydrogens is 470 g/mol. The number of para-hydroxylation sites is 1. The van der Waals surface area contributed by atoms with Crippen LogP contribution in [0.25, 0.3) is 10.2 Å². The molecule has 0 atom stereocenters. The van der Waals surface area contributed by atoms with Gasteiger partial charge in [0.1, 0.15) is 5.76 Å². The van der Waals surface area contributed by atoms with Crippen molar-refractivity contribution in [3.63, 3.8) is 0 Å². The second kappa shape index (κ2) is 9.69. The van der Waals surface area contributed by atoms with Crippen molar-refractivity contribution in [2.45, 2.75) is 37.1 Å². The van der Waals surface area contributed by atoms with E-state index in [2.05, 4.69) is 4.98 Å². The molecule has 2 aromatic carbocycles. The highest BCUT2D eigenvalue weighted by molar-refractivity contribution is 7.89. The Balaban J connectivity index is 1.44. The fraction of sp³-hybridized carbons (Fsp3) is 0.280. The van der Waals surface area contributed by atoms with Gasteiger partial charge >= 0.3 is 0 Å². The lowest BCUT2D eigenvalue weighted by Crippen LogP contribution is -2.32. The third-order valence-corrected chi connectivity index (χ3v) is 8.93. The van der Waals surface area contributed by atoms with Crippen molar-refractivity contribution >= 4 is 42.6 Å². The Bertz CT molecular complexity index is 1340. The van der Waals surface area contributed by atoms with Crippen LogP contribution in [0.1, 0.15) is 41.8 Å². The van der Waals surface area contributed by atoms with Crippen molar-refractivity contribution in [1.29, 1.82) is 0 Å². The maximum absolute atomic E-state index is 13.5. The maximum atomic E-state index is 13.5. The molecule has 5 rings (SSSR count). The molecule has 1 aliphatic rings. The van der Waals surface area contributed by atoms with Crippen LogP contribution in [0.15, 0.2) is 76.2 Å². The summed E-state index contributed by atoms with van der Waals surface area (Å²) in [5.74, 6) is 0.363. The molecule has 7 nitrogen and oxygen atoms in total. The Labute approximate surface area is 202 Å². The van der Waals surface area contributed by atoms with Gasteiger partial charge in [0, 0.05) is 18.7 Å². The molecule has 1 fully saturated rings. The molecule has 0 saturated carbocycles. The summed E-state index contributed by atoms with van der Waals surface area (Å²) in [5.41, 5.74) is 1.21. The number of aromatic nitrogens is 1. The van der Waals surface area contributed by atoms with Gasteiger partial charge in [0.05, 0.1) is 27.9 Å². The minimum atomic E-state index is -3.58. The number of amides is 1. The van der Waals surface area contributed by atoms with E-state index in [1.54, 1.807) is 33.7 Å². The lowest BCUT2D eigenvalue weighted by molar-refractivity contribution is 0.0983. The van der Waals surface area contributed by atoms with Gasteiger partial charge in [-0.3, -0.25) is 9.69 Å². The SMILES string of the molecule is O=C(c1ccc(S(=O)(=O)N2CCCCCC2)cc1)N(Cc1ccco1)c1nc2ccccc2s1. The number of sulfonamides is 1. The van der Waals surface area contributed by atoms with Gasteiger partial charge in [-0.05, 0) is 61.4 Å². The van der Waals surface area contributed by atoms with Gasteiger partial charge in [0.15, 0.2) is 5.13 Å². The Morgan fingerprint density at radius 1 is 0.971 bits per heavy atom. The zero-order chi connectivity index (χ0) is 23.5. The van der Waals surface area contributed by atoms with Crippen molar-refractivity contribution < 1.29 is 17.6 Å². The number of carbonyl (C=O) groups is 1. The molecule has 1 saturated heterocycles. The summed E-state index contributed by atoms with van der Waals surface area (Å²) in [7, 11) is -3.58. The normalized spacial score (nSPS) is 15.3. The number of thiazole rings is 1. The maximum Gasteiger partial charge on any atom is 0.260 e. The van der Waals surface area contributed by atoms with Crippen molar-refractivity contribution in [3.8, 4) is 0 Å². The van der Waals surface area contributed by atoms with Crippen molar-refractivity contribution in [2.24, 2.45) is 0 Å². The van der Waals surface area contributed by atoms with Gasteiger partial charge in [0.2, 0.25) is 10.0 Å². The largest absolute Gasteiger partial charge is 0.467 e. The number of benzene rings is 2. The van der Waals surface area contributed by atoms with Crippen LogP contribution in [-0.4, -0.2) is 36.7 Å². The third-order valence-electron chi connectivity index (χ3n) is 5.96. The molecule has 34 heavy (non-hydrogen) atoms. The molecule has 4 aromatic rings. The molecule has 0 N–H and O–H groups in total. The fourth-order valence-corrected chi connectivity index (χ4v) is 6.60. The van der Waals surface area contributed by atoms with Gasteiger partial charge in [-0.15, -0.1) is 0 Å². The van der Waals surface area contributed by atoms with Crippen LogP contribution in [0.2, 0.25) is 0 Å². The molecule has 9 heteroatoms. The van der Waals surface area contributed by atoms with Gasteiger partial charge in [-0.1, -0.05) is 36.3 Å². The smallest absolute Gasteiger partial charge is 0.260 e. The van der Waals surface area contributed by atoms with E-state index in [-0.39, 0.29) is 17.3 Å². The van der Waals surface area contributed by atoms with E-state index in [0.717, 1.165) is 35.9 Å². The zero-order valence-electron chi connectivity index (χ0n) is 18.6. The number of nitrogens with zero attached hydrogens (tertiary/aromatic N) is 3. The minimum absolute atomic E-state index is 0.212. The standard InChI is InChI=1S/C25H25N3O4S2/c29-24(19-11-13-21(14-12-19)34(30,31)27-15-5-1-2-6-16-27)28(18-20-8-7-17-32-20)25-26-22-9-3-4-10-23(22)33-25/h3-4,7-14,17H,1-2,5-6,15-16,18H2. The summed E-state index contributed by atoms with van der Waals surface area (Å²) in [6, 6.07) is 17.5. The van der Waals surface area contributed by atoms with Crippen LogP contribution in [0.3, 0.4) is 0 Å². The lowest BCUT2D eigenvalue weighted by Gasteiger charge is -2.21. The fourth-order valence-electron chi connectivity index (χ4n) is 4.12. The minimum Gasteiger partial charge on any atom is -0.467 e. The average Bonchev–Trinajstić information content (AvgIpc) is 3.44. The molecule has 0 unspecified atom stereocenters. The van der Waals surface area contributed by atoms with Crippen LogP contribution in [0, 0.1) is 0 Å². The van der Waals surface area contributed by atoms with E-state index < -0.39 is 10.0 Å². The molecule has 1 amide bonds. The Kier molecular flexibility index (Phi) is 6.49. The number of carbonyl (C=O) groups excluding carboxylic acids is 1. The number of furan rings is 1. The summed E-state index contributed by atoms with van der Waals surface area (Å²) in [6.45, 7) is 1.30. The first-order valence-electron chi connectivity index (χ1n) is 11.3. The number of anilines is 1. The van der Waals surface area contributed by atoms with Gasteiger partial charge in [-0.25, -0.2) is 13.4 Å². The molecule has 3 heterocycles. The Hall–Kier alpha value is -3.01. The highest BCUT2D eigenvalue weighted by Crippen LogP contribution is 2.31. The molecule has 0 radical (unpaired) electrons. The van der Waals surface area contributed by atoms with E-state index in [1.807, 2.05) is 30.3 Å². The van der Waals surface area contributed by atoms with Crippen LogP contribution < -0.4 is 4.90 Å². The third kappa shape index (κ3) is 4.64. The lowest BCUT2D eigenvalue weighted by atomic mass is 10.2. The van der Waals surface area contributed by atoms with Crippen LogP contribution in [-0.2, 0) is 16.6 Å². The molecule has 1 aliphatic heterocycles. The summed E-state index contributed by atoms with van der Waals surface area (Å²) >= 11 is 1.43. The van der Waals surface area contributed by atoms with Gasteiger partial charge in [-0.2, -0.15) is 4.31 Å². The number of hydrogen-bond donors (Lipinski definition) is 0.